The summed E-state index contributed by atoms with van der Waals surface area (Å²) in [4.78, 5) is 12.6. The monoisotopic (exact) mass is 307 g/mol. The highest BCUT2D eigenvalue weighted by atomic mass is 16.1. The fourth-order valence-corrected chi connectivity index (χ4v) is 3.57. The first-order chi connectivity index (χ1) is 11.1. The summed E-state index contributed by atoms with van der Waals surface area (Å²) in [6, 6.07) is 18.8. The number of rotatable bonds is 4. The van der Waals surface area contributed by atoms with Gasteiger partial charge in [-0.25, -0.2) is 0 Å². The van der Waals surface area contributed by atoms with Crippen molar-refractivity contribution in [3.63, 3.8) is 0 Å². The summed E-state index contributed by atoms with van der Waals surface area (Å²) in [7, 11) is 0. The van der Waals surface area contributed by atoms with Gasteiger partial charge in [-0.1, -0.05) is 49.4 Å². The first kappa shape index (κ1) is 15.8. The minimum Gasteiger partial charge on any atom is -0.377 e. The van der Waals surface area contributed by atoms with Crippen LogP contribution in [0, 0.1) is 18.8 Å². The number of nitrogens with one attached hydrogen (secondary N) is 1. The molecule has 2 aromatic carbocycles. The number of ketones is 1. The van der Waals surface area contributed by atoms with Crippen LogP contribution in [-0.4, -0.2) is 5.78 Å². The van der Waals surface area contributed by atoms with Crippen molar-refractivity contribution in [1.82, 2.24) is 0 Å². The molecule has 0 amide bonds. The predicted molar refractivity (Wildman–Crippen MR) is 95.5 cm³/mol. The van der Waals surface area contributed by atoms with Gasteiger partial charge in [0, 0.05) is 18.0 Å². The van der Waals surface area contributed by atoms with Gasteiger partial charge in [0.05, 0.1) is 6.04 Å². The number of Topliss-reactive ketones (excluding diaryl/α,β-unsaturated/α-hetero) is 1. The molecular formula is C21H25NO. The van der Waals surface area contributed by atoms with Gasteiger partial charge in [0.1, 0.15) is 5.78 Å². The number of carbonyl (C=O) groups is 1. The Bertz CT molecular complexity index is 665. The van der Waals surface area contributed by atoms with Crippen molar-refractivity contribution >= 4 is 11.5 Å². The van der Waals surface area contributed by atoms with Gasteiger partial charge < -0.3 is 5.32 Å². The molecular weight excluding hydrogens is 282 g/mol. The van der Waals surface area contributed by atoms with Crippen LogP contribution >= 0.6 is 0 Å². The fourth-order valence-electron chi connectivity index (χ4n) is 3.57. The lowest BCUT2D eigenvalue weighted by molar-refractivity contribution is -0.126. The van der Waals surface area contributed by atoms with E-state index in [9.17, 15) is 4.79 Å². The van der Waals surface area contributed by atoms with Crippen LogP contribution in [0.3, 0.4) is 0 Å². The average Bonchev–Trinajstić information content (AvgIpc) is 2.56. The molecule has 3 atom stereocenters. The first-order valence-electron chi connectivity index (χ1n) is 8.54. The van der Waals surface area contributed by atoms with E-state index in [1.807, 2.05) is 6.07 Å². The van der Waals surface area contributed by atoms with Crippen LogP contribution in [0.4, 0.5) is 5.69 Å². The third-order valence-corrected chi connectivity index (χ3v) is 4.85. The summed E-state index contributed by atoms with van der Waals surface area (Å²) in [5, 5.41) is 3.64. The quantitative estimate of drug-likeness (QED) is 0.846. The van der Waals surface area contributed by atoms with Gasteiger partial charge in [0.25, 0.3) is 0 Å². The molecule has 2 nitrogen and oxygen atoms in total. The summed E-state index contributed by atoms with van der Waals surface area (Å²) >= 11 is 0. The largest absolute Gasteiger partial charge is 0.377 e. The van der Waals surface area contributed by atoms with E-state index in [1.54, 1.807) is 0 Å². The fraction of sp³-hybridized carbons (Fsp3) is 0.381. The van der Waals surface area contributed by atoms with Crippen molar-refractivity contribution in [2.45, 2.75) is 39.2 Å². The first-order valence-corrected chi connectivity index (χ1v) is 8.54. The summed E-state index contributed by atoms with van der Waals surface area (Å²) in [6.07, 6.45) is 2.71. The average molecular weight is 307 g/mol. The molecule has 1 N–H and O–H groups in total. The maximum atomic E-state index is 12.6. The van der Waals surface area contributed by atoms with E-state index < -0.39 is 0 Å². The van der Waals surface area contributed by atoms with E-state index in [0.29, 0.717) is 18.1 Å². The number of anilines is 1. The Morgan fingerprint density at radius 1 is 1.09 bits per heavy atom. The van der Waals surface area contributed by atoms with Gasteiger partial charge in [-0.05, 0) is 48.9 Å². The van der Waals surface area contributed by atoms with Gasteiger partial charge in [-0.3, -0.25) is 4.79 Å². The lowest BCUT2D eigenvalue weighted by Gasteiger charge is -2.33. The topological polar surface area (TPSA) is 29.1 Å². The Morgan fingerprint density at radius 2 is 1.87 bits per heavy atom. The Kier molecular flexibility index (Phi) is 4.80. The van der Waals surface area contributed by atoms with Gasteiger partial charge in [0.2, 0.25) is 0 Å². The molecule has 0 heterocycles. The predicted octanol–water partition coefficient (Wildman–Crippen LogP) is 5.15. The smallest absolute Gasteiger partial charge is 0.138 e. The molecule has 0 aliphatic heterocycles. The highest BCUT2D eigenvalue weighted by molar-refractivity contribution is 5.83. The van der Waals surface area contributed by atoms with E-state index in [4.69, 9.17) is 0 Å². The van der Waals surface area contributed by atoms with Gasteiger partial charge in [0.15, 0.2) is 0 Å². The third kappa shape index (κ3) is 3.82. The third-order valence-electron chi connectivity index (χ3n) is 4.85. The minimum atomic E-state index is 0.0493. The van der Waals surface area contributed by atoms with Crippen LogP contribution in [0.2, 0.25) is 0 Å². The molecule has 120 valence electrons. The van der Waals surface area contributed by atoms with Gasteiger partial charge >= 0.3 is 0 Å². The number of benzene rings is 2. The second-order valence-corrected chi connectivity index (χ2v) is 6.85. The Balaban J connectivity index is 1.92. The number of aryl methyl sites for hydroxylation is 1. The maximum absolute atomic E-state index is 12.6. The van der Waals surface area contributed by atoms with Crippen LogP contribution in [0.1, 0.15) is 43.4 Å². The summed E-state index contributed by atoms with van der Waals surface area (Å²) in [5.74, 6) is 1.07. The molecule has 1 fully saturated rings. The van der Waals surface area contributed by atoms with Gasteiger partial charge in [-0.2, -0.15) is 0 Å². The van der Waals surface area contributed by atoms with Crippen molar-refractivity contribution in [1.29, 1.82) is 0 Å². The van der Waals surface area contributed by atoms with E-state index in [0.717, 1.165) is 18.5 Å². The van der Waals surface area contributed by atoms with Crippen molar-refractivity contribution < 1.29 is 4.79 Å². The Labute approximate surface area is 138 Å². The second-order valence-electron chi connectivity index (χ2n) is 6.85. The Hall–Kier alpha value is -2.09. The lowest BCUT2D eigenvalue weighted by Crippen LogP contribution is -2.32. The highest BCUT2D eigenvalue weighted by Gasteiger charge is 2.33. The molecule has 0 aromatic heterocycles. The van der Waals surface area contributed by atoms with Crippen LogP contribution in [0.5, 0.6) is 0 Å². The van der Waals surface area contributed by atoms with E-state index in [2.05, 4.69) is 67.7 Å². The zero-order valence-corrected chi connectivity index (χ0v) is 14.0. The lowest BCUT2D eigenvalue weighted by atomic mass is 9.75. The van der Waals surface area contributed by atoms with Crippen LogP contribution in [0.25, 0.3) is 0 Å². The van der Waals surface area contributed by atoms with E-state index in [-0.39, 0.29) is 12.0 Å². The SMILES string of the molecule is Cc1cccc(NC(c2ccccc2)C2CC(C)CCC2=O)c1. The zero-order chi connectivity index (χ0) is 16.2. The van der Waals surface area contributed by atoms with E-state index in [1.165, 1.54) is 11.1 Å². The molecule has 0 spiro atoms. The molecule has 2 aromatic rings. The molecule has 1 aliphatic carbocycles. The molecule has 0 saturated heterocycles. The zero-order valence-electron chi connectivity index (χ0n) is 14.0. The highest BCUT2D eigenvalue weighted by Crippen LogP contribution is 2.37. The molecule has 2 heteroatoms. The van der Waals surface area contributed by atoms with Crippen molar-refractivity contribution in [3.05, 3.63) is 65.7 Å². The van der Waals surface area contributed by atoms with Crippen LogP contribution in [0.15, 0.2) is 54.6 Å². The minimum absolute atomic E-state index is 0.0493. The standard InChI is InChI=1S/C21H25NO/c1-15-7-6-10-18(13-15)22-21(17-8-4-3-5-9-17)19-14-16(2)11-12-20(19)23/h3-10,13,16,19,21-22H,11-12,14H2,1-2H3. The normalized spacial score (nSPS) is 22.6. The molecule has 1 aliphatic rings. The van der Waals surface area contributed by atoms with Crippen molar-refractivity contribution in [3.8, 4) is 0 Å². The number of hydrogen-bond donors (Lipinski definition) is 1. The molecule has 0 radical (unpaired) electrons. The van der Waals surface area contributed by atoms with Crippen LogP contribution < -0.4 is 5.32 Å². The molecule has 0 bridgehead atoms. The number of carbonyl (C=O) groups excluding carboxylic acids is 1. The van der Waals surface area contributed by atoms with Crippen LogP contribution in [-0.2, 0) is 4.79 Å². The number of hydrogen-bond acceptors (Lipinski definition) is 2. The molecule has 23 heavy (non-hydrogen) atoms. The van der Waals surface area contributed by atoms with Crippen molar-refractivity contribution in [2.24, 2.45) is 11.8 Å². The summed E-state index contributed by atoms with van der Waals surface area (Å²) in [6.45, 7) is 4.35. The summed E-state index contributed by atoms with van der Waals surface area (Å²) < 4.78 is 0. The summed E-state index contributed by atoms with van der Waals surface area (Å²) in [5.41, 5.74) is 3.51. The van der Waals surface area contributed by atoms with E-state index >= 15 is 0 Å². The molecule has 3 unspecified atom stereocenters. The maximum Gasteiger partial charge on any atom is 0.138 e. The second kappa shape index (κ2) is 6.99. The molecule has 1 saturated carbocycles. The Morgan fingerprint density at radius 3 is 2.61 bits per heavy atom. The van der Waals surface area contributed by atoms with Gasteiger partial charge in [-0.15, -0.1) is 0 Å². The van der Waals surface area contributed by atoms with Crippen molar-refractivity contribution in [2.75, 3.05) is 5.32 Å². The molecule has 3 rings (SSSR count).